The van der Waals surface area contributed by atoms with E-state index in [9.17, 15) is 4.79 Å². The number of benzene rings is 3. The second-order valence-electron chi connectivity index (χ2n) is 8.73. The molecule has 6 aromatic rings. The summed E-state index contributed by atoms with van der Waals surface area (Å²) in [6.45, 7) is 2.91. The van der Waals surface area contributed by atoms with Gasteiger partial charge in [-0.15, -0.1) is 5.10 Å². The molecule has 9 nitrogen and oxygen atoms in total. The van der Waals surface area contributed by atoms with Crippen molar-refractivity contribution in [1.29, 1.82) is 0 Å². The van der Waals surface area contributed by atoms with Gasteiger partial charge in [0.25, 0.3) is 0 Å². The maximum absolute atomic E-state index is 12.7. The third kappa shape index (κ3) is 4.73. The van der Waals surface area contributed by atoms with Gasteiger partial charge >= 0.3 is 5.97 Å². The molecule has 3 heterocycles. The first kappa shape index (κ1) is 23.8. The maximum Gasteiger partial charge on any atom is 0.365 e. The minimum atomic E-state index is -0.528. The number of rotatable bonds is 9. The van der Waals surface area contributed by atoms with Crippen LogP contribution in [0.2, 0.25) is 0 Å². The zero-order chi connectivity index (χ0) is 25.9. The second kappa shape index (κ2) is 10.4. The number of carbonyl (C=O) groups is 1. The average molecular weight is 525 g/mol. The molecule has 3 aromatic carbocycles. The van der Waals surface area contributed by atoms with Crippen molar-refractivity contribution in [2.45, 2.75) is 26.2 Å². The van der Waals surface area contributed by atoms with Crippen LogP contribution in [0.1, 0.15) is 36.5 Å². The first-order valence-corrected chi connectivity index (χ1v) is 13.2. The lowest BCUT2D eigenvalue weighted by molar-refractivity contribution is 0.0409. The molecule has 0 saturated heterocycles. The topological polar surface area (TPSA) is 96.4 Å². The van der Waals surface area contributed by atoms with E-state index < -0.39 is 5.97 Å². The van der Waals surface area contributed by atoms with Gasteiger partial charge in [-0.05, 0) is 60.2 Å². The number of aromatic nitrogens is 6. The Labute approximate surface area is 222 Å². The van der Waals surface area contributed by atoms with Crippen LogP contribution in [-0.2, 0) is 0 Å². The number of ether oxygens (including phenoxy) is 1. The Bertz CT molecular complexity index is 1700. The quantitative estimate of drug-likeness (QED) is 0.177. The first-order valence-electron chi connectivity index (χ1n) is 12.4. The predicted octanol–water partition coefficient (Wildman–Crippen LogP) is 5.71. The molecule has 0 bridgehead atoms. The molecule has 0 aliphatic heterocycles. The summed E-state index contributed by atoms with van der Waals surface area (Å²) in [7, 11) is 0. The molecule has 38 heavy (non-hydrogen) atoms. The summed E-state index contributed by atoms with van der Waals surface area (Å²) in [4.78, 5) is 24.6. The lowest BCUT2D eigenvalue weighted by Crippen LogP contribution is -2.20. The Hall–Kier alpha value is -4.57. The molecule has 0 aliphatic carbocycles. The number of carbonyl (C=O) groups excluding carboxylic acids is 1. The van der Waals surface area contributed by atoms with Crippen molar-refractivity contribution >= 4 is 33.3 Å². The van der Waals surface area contributed by atoms with Crippen LogP contribution in [0.25, 0.3) is 37.8 Å². The monoisotopic (exact) mass is 524 g/mol. The van der Waals surface area contributed by atoms with E-state index in [1.165, 1.54) is 24.2 Å². The van der Waals surface area contributed by atoms with E-state index in [0.29, 0.717) is 16.6 Å². The molecule has 0 aliphatic rings. The van der Waals surface area contributed by atoms with Crippen LogP contribution >= 0.6 is 11.3 Å². The summed E-state index contributed by atoms with van der Waals surface area (Å²) in [5.41, 5.74) is 4.38. The Morgan fingerprint density at radius 1 is 0.947 bits per heavy atom. The minimum Gasteiger partial charge on any atom is -0.494 e. The molecule has 0 radical (unpaired) electrons. The number of fused-ring (bicyclic) bond motifs is 2. The molecular weight excluding hydrogens is 500 g/mol. The SMILES string of the molecule is CCCCCOc1ccc(-c2nn3c(-c4ccc(C(=O)On5nnc6ccccc65)cc4)cnc3s2)cc1. The van der Waals surface area contributed by atoms with Crippen LogP contribution < -0.4 is 9.57 Å². The van der Waals surface area contributed by atoms with Gasteiger partial charge in [-0.2, -0.15) is 5.10 Å². The van der Waals surface area contributed by atoms with Crippen LogP contribution in [0.4, 0.5) is 0 Å². The molecule has 0 unspecified atom stereocenters. The standard InChI is InChI=1S/C28H24N6O3S/c1-2-3-6-17-36-22-15-13-20(14-16-22)26-31-33-25(18-29-28(33)38-26)19-9-11-21(12-10-19)27(35)37-34-24-8-5-4-7-23(24)30-32-34/h4-5,7-16,18H,2-3,6,17H2,1H3. The fraction of sp³-hybridized carbons (Fsp3) is 0.179. The van der Waals surface area contributed by atoms with Crippen molar-refractivity contribution < 1.29 is 14.4 Å². The van der Waals surface area contributed by atoms with Gasteiger partial charge in [-0.1, -0.05) is 60.2 Å². The zero-order valence-corrected chi connectivity index (χ0v) is 21.5. The predicted molar refractivity (Wildman–Crippen MR) is 145 cm³/mol. The highest BCUT2D eigenvalue weighted by molar-refractivity contribution is 7.19. The van der Waals surface area contributed by atoms with Gasteiger partial charge in [0.2, 0.25) is 4.96 Å². The van der Waals surface area contributed by atoms with E-state index in [1.807, 2.05) is 53.0 Å². The van der Waals surface area contributed by atoms with Crippen LogP contribution in [0, 0.1) is 0 Å². The number of unbranched alkanes of at least 4 members (excludes halogenated alkanes) is 2. The highest BCUT2D eigenvalue weighted by Crippen LogP contribution is 2.30. The molecule has 190 valence electrons. The highest BCUT2D eigenvalue weighted by Gasteiger charge is 2.16. The Morgan fingerprint density at radius 2 is 1.74 bits per heavy atom. The lowest BCUT2D eigenvalue weighted by atomic mass is 10.1. The van der Waals surface area contributed by atoms with Gasteiger partial charge in [0, 0.05) is 11.1 Å². The van der Waals surface area contributed by atoms with Crippen LogP contribution in [-0.4, -0.2) is 42.3 Å². The molecule has 0 fully saturated rings. The molecular formula is C28H24N6O3S. The number of hydrogen-bond donors (Lipinski definition) is 0. The summed E-state index contributed by atoms with van der Waals surface area (Å²) in [6, 6.07) is 22.4. The maximum atomic E-state index is 12.7. The van der Waals surface area contributed by atoms with Gasteiger partial charge in [0.15, 0.2) is 0 Å². The lowest BCUT2D eigenvalue weighted by Gasteiger charge is -2.06. The first-order chi connectivity index (χ1) is 18.7. The van der Waals surface area contributed by atoms with E-state index in [0.717, 1.165) is 50.4 Å². The Kier molecular flexibility index (Phi) is 6.53. The second-order valence-corrected chi connectivity index (χ2v) is 9.69. The van der Waals surface area contributed by atoms with Crippen molar-refractivity contribution in [3.63, 3.8) is 0 Å². The van der Waals surface area contributed by atoms with Crippen molar-refractivity contribution in [1.82, 2.24) is 29.8 Å². The van der Waals surface area contributed by atoms with E-state index in [-0.39, 0.29) is 0 Å². The van der Waals surface area contributed by atoms with Crippen molar-refractivity contribution in [3.05, 3.63) is 84.6 Å². The van der Waals surface area contributed by atoms with E-state index in [4.69, 9.17) is 14.7 Å². The van der Waals surface area contributed by atoms with Crippen LogP contribution in [0.5, 0.6) is 5.75 Å². The van der Waals surface area contributed by atoms with E-state index in [2.05, 4.69) is 22.2 Å². The fourth-order valence-electron chi connectivity index (χ4n) is 4.07. The molecule has 0 amide bonds. The van der Waals surface area contributed by atoms with E-state index >= 15 is 0 Å². The molecule has 0 saturated carbocycles. The van der Waals surface area contributed by atoms with Crippen molar-refractivity contribution in [2.75, 3.05) is 6.61 Å². The zero-order valence-electron chi connectivity index (χ0n) is 20.7. The minimum absolute atomic E-state index is 0.394. The summed E-state index contributed by atoms with van der Waals surface area (Å²) >= 11 is 1.52. The molecule has 10 heteroatoms. The van der Waals surface area contributed by atoms with Crippen LogP contribution in [0.3, 0.4) is 0 Å². The van der Waals surface area contributed by atoms with Crippen molar-refractivity contribution in [3.8, 4) is 27.6 Å². The van der Waals surface area contributed by atoms with Gasteiger partial charge in [-0.25, -0.2) is 14.3 Å². The van der Waals surface area contributed by atoms with Gasteiger partial charge in [0.05, 0.1) is 24.1 Å². The van der Waals surface area contributed by atoms with E-state index in [1.54, 1.807) is 30.5 Å². The fourth-order valence-corrected chi connectivity index (χ4v) is 4.95. The van der Waals surface area contributed by atoms with Gasteiger partial charge in [0.1, 0.15) is 21.8 Å². The number of imidazole rings is 1. The largest absolute Gasteiger partial charge is 0.494 e. The molecule has 0 spiro atoms. The normalized spacial score (nSPS) is 11.3. The molecule has 6 rings (SSSR count). The highest BCUT2D eigenvalue weighted by atomic mass is 32.1. The van der Waals surface area contributed by atoms with Crippen LogP contribution in [0.15, 0.2) is 79.0 Å². The van der Waals surface area contributed by atoms with Crippen molar-refractivity contribution in [2.24, 2.45) is 0 Å². The molecule has 0 atom stereocenters. The van der Waals surface area contributed by atoms with Gasteiger partial charge < -0.3 is 9.57 Å². The van der Waals surface area contributed by atoms with Gasteiger partial charge in [-0.3, -0.25) is 0 Å². The number of para-hydroxylation sites is 1. The molecule has 0 N–H and O–H groups in total. The summed E-state index contributed by atoms with van der Waals surface area (Å²) in [6.07, 6.45) is 5.19. The summed E-state index contributed by atoms with van der Waals surface area (Å²) < 4.78 is 7.64. The summed E-state index contributed by atoms with van der Waals surface area (Å²) in [5, 5.41) is 13.6. The number of hydrogen-bond acceptors (Lipinski definition) is 8. The third-order valence-electron chi connectivity index (χ3n) is 6.11. The summed E-state index contributed by atoms with van der Waals surface area (Å²) in [5.74, 6) is 0.335. The third-order valence-corrected chi connectivity index (χ3v) is 7.08. The average Bonchev–Trinajstić information content (AvgIpc) is 3.67. The Morgan fingerprint density at radius 3 is 2.55 bits per heavy atom. The molecule has 3 aromatic heterocycles. The smallest absolute Gasteiger partial charge is 0.365 e. The Balaban J connectivity index is 1.17. The number of nitrogens with zero attached hydrogens (tertiary/aromatic N) is 6.